The molecule has 0 aromatic carbocycles. The second kappa shape index (κ2) is 3.79. The van der Waals surface area contributed by atoms with Crippen LogP contribution in [-0.2, 0) is 4.74 Å². The highest BCUT2D eigenvalue weighted by atomic mass is 32.1. The molecule has 6 heteroatoms. The van der Waals surface area contributed by atoms with E-state index < -0.39 is 5.97 Å². The fourth-order valence-electron chi connectivity index (χ4n) is 1.30. The Morgan fingerprint density at radius 1 is 1.62 bits per heavy atom. The smallest absolute Gasteiger partial charge is 0.348 e. The number of nitriles is 1. The fraction of sp³-hybridized carbons (Fsp3) is 0.100. The van der Waals surface area contributed by atoms with E-state index in [1.54, 1.807) is 6.07 Å². The van der Waals surface area contributed by atoms with E-state index in [4.69, 9.17) is 5.26 Å². The number of thiophene rings is 1. The predicted molar refractivity (Wildman–Crippen MR) is 58.5 cm³/mol. The van der Waals surface area contributed by atoms with Crippen molar-refractivity contribution in [1.29, 1.82) is 5.26 Å². The highest BCUT2D eigenvalue weighted by Crippen LogP contribution is 2.21. The Hall–Kier alpha value is -2.13. The number of H-pyrrole nitrogens is 1. The number of nitrogens with zero attached hydrogens (tertiary/aromatic N) is 1. The van der Waals surface area contributed by atoms with Gasteiger partial charge in [0, 0.05) is 6.20 Å². The number of aromatic nitrogens is 1. The summed E-state index contributed by atoms with van der Waals surface area (Å²) in [5.41, 5.74) is -0.343. The Labute approximate surface area is 93.9 Å². The lowest BCUT2D eigenvalue weighted by Crippen LogP contribution is -2.05. The zero-order chi connectivity index (χ0) is 11.7. The monoisotopic (exact) mass is 234 g/mol. The van der Waals surface area contributed by atoms with Crippen molar-refractivity contribution in [3.8, 4) is 6.07 Å². The number of carbonyl (C=O) groups excluding carboxylic acids is 1. The van der Waals surface area contributed by atoms with Crippen molar-refractivity contribution < 1.29 is 9.53 Å². The maximum Gasteiger partial charge on any atom is 0.348 e. The summed E-state index contributed by atoms with van der Waals surface area (Å²) in [7, 11) is 1.27. The molecule has 2 rings (SSSR count). The molecular formula is C10H6N2O3S. The summed E-state index contributed by atoms with van der Waals surface area (Å²) >= 11 is 1.12. The summed E-state index contributed by atoms with van der Waals surface area (Å²) in [5, 5.41) is 9.02. The van der Waals surface area contributed by atoms with Gasteiger partial charge in [0.05, 0.1) is 12.5 Å². The van der Waals surface area contributed by atoms with Gasteiger partial charge in [0.1, 0.15) is 21.3 Å². The average molecular weight is 234 g/mol. The van der Waals surface area contributed by atoms with Gasteiger partial charge in [0.25, 0.3) is 0 Å². The van der Waals surface area contributed by atoms with Crippen molar-refractivity contribution in [3.63, 3.8) is 0 Å². The summed E-state index contributed by atoms with van der Waals surface area (Å²) in [4.78, 5) is 26.6. The highest BCUT2D eigenvalue weighted by Gasteiger charge is 2.13. The molecule has 0 saturated heterocycles. The lowest BCUT2D eigenvalue weighted by molar-refractivity contribution is 0.0606. The Morgan fingerprint density at radius 3 is 3.00 bits per heavy atom. The van der Waals surface area contributed by atoms with Crippen molar-refractivity contribution in [1.82, 2.24) is 4.98 Å². The number of esters is 1. The number of ether oxygens (including phenoxy) is 1. The minimum Gasteiger partial charge on any atom is -0.465 e. The van der Waals surface area contributed by atoms with Crippen molar-refractivity contribution in [2.24, 2.45) is 0 Å². The third-order valence-corrected chi connectivity index (χ3v) is 3.12. The van der Waals surface area contributed by atoms with E-state index in [9.17, 15) is 9.59 Å². The molecule has 1 N–H and O–H groups in total. The minimum atomic E-state index is -0.493. The van der Waals surface area contributed by atoms with Crippen molar-refractivity contribution in [2.75, 3.05) is 7.11 Å². The second-order valence-corrected chi connectivity index (χ2v) is 4.04. The molecule has 0 aliphatic carbocycles. The summed E-state index contributed by atoms with van der Waals surface area (Å²) < 4.78 is 4.55. The fourth-order valence-corrected chi connectivity index (χ4v) is 2.24. The van der Waals surface area contributed by atoms with E-state index in [1.165, 1.54) is 19.4 Å². The zero-order valence-corrected chi connectivity index (χ0v) is 9.05. The van der Waals surface area contributed by atoms with Gasteiger partial charge in [-0.2, -0.15) is 5.26 Å². The molecule has 0 aliphatic heterocycles. The normalized spacial score (nSPS) is 10.0. The van der Waals surface area contributed by atoms with Crippen molar-refractivity contribution in [3.05, 3.63) is 32.9 Å². The number of aromatic amines is 1. The van der Waals surface area contributed by atoms with Gasteiger partial charge in [-0.3, -0.25) is 4.79 Å². The van der Waals surface area contributed by atoms with Gasteiger partial charge >= 0.3 is 5.97 Å². The Balaban J connectivity index is 2.73. The molecule has 0 spiro atoms. The maximum absolute atomic E-state index is 11.7. The van der Waals surface area contributed by atoms with E-state index in [-0.39, 0.29) is 11.0 Å². The van der Waals surface area contributed by atoms with Crippen LogP contribution in [0.5, 0.6) is 0 Å². The largest absolute Gasteiger partial charge is 0.465 e. The lowest BCUT2D eigenvalue weighted by atomic mass is 10.2. The predicted octanol–water partition coefficient (Wildman–Crippen LogP) is 1.25. The standard InChI is InChI=1S/C10H6N2O3S/c1-15-10(14)7-2-6-8(13)5(3-11)4-12-9(6)16-7/h2,4H,1H3,(H,12,13). The first-order chi connectivity index (χ1) is 7.67. The van der Waals surface area contributed by atoms with Crippen LogP contribution >= 0.6 is 11.3 Å². The topological polar surface area (TPSA) is 82.9 Å². The first-order valence-electron chi connectivity index (χ1n) is 4.31. The van der Waals surface area contributed by atoms with Crippen LogP contribution in [0.1, 0.15) is 15.2 Å². The van der Waals surface area contributed by atoms with Gasteiger partial charge in [-0.05, 0) is 6.07 Å². The second-order valence-electron chi connectivity index (χ2n) is 2.99. The van der Waals surface area contributed by atoms with Gasteiger partial charge in [0.2, 0.25) is 5.43 Å². The van der Waals surface area contributed by atoms with E-state index in [1.807, 2.05) is 0 Å². The minimum absolute atomic E-state index is 0.0294. The van der Waals surface area contributed by atoms with Crippen LogP contribution in [0.25, 0.3) is 10.2 Å². The lowest BCUT2D eigenvalue weighted by Gasteiger charge is -1.90. The number of nitrogens with one attached hydrogen (secondary N) is 1. The molecule has 0 radical (unpaired) electrons. The molecule has 0 saturated carbocycles. The molecule has 0 atom stereocenters. The summed E-state index contributed by atoms with van der Waals surface area (Å²) in [6.07, 6.45) is 1.34. The number of fused-ring (bicyclic) bond motifs is 1. The number of carbonyl (C=O) groups is 1. The number of methoxy groups -OCH3 is 1. The average Bonchev–Trinajstić information content (AvgIpc) is 2.73. The van der Waals surface area contributed by atoms with Crippen LogP contribution in [-0.4, -0.2) is 18.1 Å². The van der Waals surface area contributed by atoms with Gasteiger partial charge in [-0.1, -0.05) is 0 Å². The quantitative estimate of drug-likeness (QED) is 0.752. The molecule has 0 fully saturated rings. The van der Waals surface area contributed by atoms with Gasteiger partial charge in [0.15, 0.2) is 0 Å². The van der Waals surface area contributed by atoms with Crippen LogP contribution in [0.3, 0.4) is 0 Å². The highest BCUT2D eigenvalue weighted by molar-refractivity contribution is 7.20. The Kier molecular flexibility index (Phi) is 2.46. The molecule has 80 valence electrons. The van der Waals surface area contributed by atoms with Crippen molar-refractivity contribution in [2.45, 2.75) is 0 Å². The molecule has 0 unspecified atom stereocenters. The first kappa shape index (κ1) is 10.4. The van der Waals surface area contributed by atoms with Gasteiger partial charge in [-0.25, -0.2) is 4.79 Å². The molecule has 2 aromatic rings. The van der Waals surface area contributed by atoms with Crippen LogP contribution in [0, 0.1) is 11.3 Å². The summed E-state index contributed by atoms with van der Waals surface area (Å²) in [5.74, 6) is -0.493. The maximum atomic E-state index is 11.7. The summed E-state index contributed by atoms with van der Waals surface area (Å²) in [6.45, 7) is 0. The first-order valence-corrected chi connectivity index (χ1v) is 5.12. The molecule has 16 heavy (non-hydrogen) atoms. The van der Waals surface area contributed by atoms with Crippen LogP contribution < -0.4 is 5.43 Å². The molecule has 2 aromatic heterocycles. The molecule has 0 bridgehead atoms. The van der Waals surface area contributed by atoms with Crippen LogP contribution in [0.2, 0.25) is 0 Å². The van der Waals surface area contributed by atoms with E-state index in [2.05, 4.69) is 9.72 Å². The van der Waals surface area contributed by atoms with Crippen LogP contribution in [0.15, 0.2) is 17.1 Å². The Morgan fingerprint density at radius 2 is 2.38 bits per heavy atom. The molecular weight excluding hydrogens is 228 g/mol. The van der Waals surface area contributed by atoms with Gasteiger partial charge < -0.3 is 9.72 Å². The Bertz CT molecular complexity index is 663. The van der Waals surface area contributed by atoms with E-state index >= 15 is 0 Å². The van der Waals surface area contributed by atoms with Crippen LogP contribution in [0.4, 0.5) is 0 Å². The molecule has 0 aliphatic rings. The number of rotatable bonds is 1. The van der Waals surface area contributed by atoms with E-state index in [0.29, 0.717) is 15.1 Å². The molecule has 0 amide bonds. The third-order valence-electron chi connectivity index (χ3n) is 2.08. The number of pyridine rings is 1. The summed E-state index contributed by atoms with van der Waals surface area (Å²) in [6, 6.07) is 3.22. The third kappa shape index (κ3) is 1.47. The SMILES string of the molecule is COC(=O)c1cc2c(=O)c(C#N)c[nH]c2s1. The zero-order valence-electron chi connectivity index (χ0n) is 8.23. The van der Waals surface area contributed by atoms with Crippen molar-refractivity contribution >= 4 is 27.5 Å². The molecule has 2 heterocycles. The van der Waals surface area contributed by atoms with E-state index in [0.717, 1.165) is 11.3 Å². The number of hydrogen-bond donors (Lipinski definition) is 1. The van der Waals surface area contributed by atoms with Gasteiger partial charge in [-0.15, -0.1) is 11.3 Å². The molecule has 5 nitrogen and oxygen atoms in total. The number of hydrogen-bond acceptors (Lipinski definition) is 5.